The molecule has 0 spiro atoms. The Kier molecular flexibility index (Phi) is 3.60. The number of nitrogens with two attached hydrogens (primary N) is 1. The molecule has 0 atom stereocenters. The molecule has 0 bridgehead atoms. The second kappa shape index (κ2) is 5.01. The van der Waals surface area contributed by atoms with Crippen LogP contribution >= 0.6 is 11.6 Å². The van der Waals surface area contributed by atoms with Crippen molar-refractivity contribution in [2.24, 2.45) is 5.73 Å². The molecule has 2 rings (SSSR count). The molecule has 0 aliphatic carbocycles. The van der Waals surface area contributed by atoms with Crippen molar-refractivity contribution in [1.29, 1.82) is 0 Å². The van der Waals surface area contributed by atoms with Crippen molar-refractivity contribution in [3.05, 3.63) is 47.2 Å². The number of hydrogen-bond donors (Lipinski definition) is 3. The Balaban J connectivity index is 2.30. The third-order valence-corrected chi connectivity index (χ3v) is 4.04. The minimum Gasteiger partial charge on any atom is -0.363 e. The van der Waals surface area contributed by atoms with Crippen molar-refractivity contribution in [2.45, 2.75) is 11.4 Å². The predicted molar refractivity (Wildman–Crippen MR) is 70.9 cm³/mol. The second-order valence-corrected chi connectivity index (χ2v) is 5.74. The standard InChI is InChI=1S/C11H12ClN3O2S/c12-10-3-1-2-4-11(10)15-18(16,17)9-5-8(6-13)14-7-9/h1-5,7,14-15H,6,13H2. The van der Waals surface area contributed by atoms with Crippen LogP contribution in [-0.4, -0.2) is 13.4 Å². The van der Waals surface area contributed by atoms with Crippen molar-refractivity contribution < 1.29 is 8.42 Å². The maximum atomic E-state index is 12.1. The molecule has 2 aromatic rings. The van der Waals surface area contributed by atoms with E-state index in [1.165, 1.54) is 12.3 Å². The van der Waals surface area contributed by atoms with Gasteiger partial charge in [0.15, 0.2) is 0 Å². The average Bonchev–Trinajstić information content (AvgIpc) is 2.81. The molecule has 1 aromatic heterocycles. The Bertz CT molecular complexity index is 652. The van der Waals surface area contributed by atoms with Gasteiger partial charge in [0.2, 0.25) is 0 Å². The number of anilines is 1. The van der Waals surface area contributed by atoms with Crippen LogP contribution in [0.2, 0.25) is 5.02 Å². The molecule has 0 aliphatic heterocycles. The summed E-state index contributed by atoms with van der Waals surface area (Å²) in [7, 11) is -3.65. The smallest absolute Gasteiger partial charge is 0.263 e. The molecule has 5 nitrogen and oxygen atoms in total. The Hall–Kier alpha value is -1.50. The third-order valence-electron chi connectivity index (χ3n) is 2.36. The quantitative estimate of drug-likeness (QED) is 0.802. The number of rotatable bonds is 4. The van der Waals surface area contributed by atoms with E-state index in [0.717, 1.165) is 0 Å². The van der Waals surface area contributed by atoms with E-state index >= 15 is 0 Å². The Morgan fingerprint density at radius 2 is 2.06 bits per heavy atom. The van der Waals surface area contributed by atoms with Gasteiger partial charge in [0.1, 0.15) is 4.90 Å². The highest BCUT2D eigenvalue weighted by Gasteiger charge is 2.16. The summed E-state index contributed by atoms with van der Waals surface area (Å²) < 4.78 is 26.5. The van der Waals surface area contributed by atoms with Gasteiger partial charge in [0, 0.05) is 18.4 Å². The SMILES string of the molecule is NCc1cc(S(=O)(=O)Nc2ccccc2Cl)c[nH]1. The van der Waals surface area contributed by atoms with E-state index in [1.54, 1.807) is 24.3 Å². The fourth-order valence-electron chi connectivity index (χ4n) is 1.44. The van der Waals surface area contributed by atoms with E-state index in [-0.39, 0.29) is 11.4 Å². The van der Waals surface area contributed by atoms with Gasteiger partial charge in [-0.25, -0.2) is 8.42 Å². The zero-order chi connectivity index (χ0) is 13.2. The van der Waals surface area contributed by atoms with Gasteiger partial charge in [0.25, 0.3) is 10.0 Å². The highest BCUT2D eigenvalue weighted by Crippen LogP contribution is 2.24. The normalized spacial score (nSPS) is 11.4. The average molecular weight is 286 g/mol. The molecule has 0 saturated heterocycles. The number of nitrogens with one attached hydrogen (secondary N) is 2. The number of benzene rings is 1. The van der Waals surface area contributed by atoms with Crippen LogP contribution < -0.4 is 10.5 Å². The van der Waals surface area contributed by atoms with E-state index in [4.69, 9.17) is 17.3 Å². The van der Waals surface area contributed by atoms with Crippen molar-refractivity contribution >= 4 is 27.3 Å². The summed E-state index contributed by atoms with van der Waals surface area (Å²) in [6, 6.07) is 8.12. The van der Waals surface area contributed by atoms with Gasteiger partial charge in [-0.2, -0.15) is 0 Å². The molecule has 96 valence electrons. The molecule has 18 heavy (non-hydrogen) atoms. The van der Waals surface area contributed by atoms with E-state index in [1.807, 2.05) is 0 Å². The molecule has 0 unspecified atom stereocenters. The highest BCUT2D eigenvalue weighted by molar-refractivity contribution is 7.92. The van der Waals surface area contributed by atoms with Crippen LogP contribution in [0, 0.1) is 0 Å². The van der Waals surface area contributed by atoms with Crippen LogP contribution in [0.4, 0.5) is 5.69 Å². The van der Waals surface area contributed by atoms with Crippen molar-refractivity contribution in [2.75, 3.05) is 4.72 Å². The predicted octanol–water partition coefficient (Wildman–Crippen LogP) is 1.93. The molecule has 0 fully saturated rings. The van der Waals surface area contributed by atoms with E-state index in [2.05, 4.69) is 9.71 Å². The second-order valence-electron chi connectivity index (χ2n) is 3.65. The highest BCUT2D eigenvalue weighted by atomic mass is 35.5. The summed E-state index contributed by atoms with van der Waals surface area (Å²) in [4.78, 5) is 2.91. The van der Waals surface area contributed by atoms with Crippen LogP contribution in [0.5, 0.6) is 0 Å². The van der Waals surface area contributed by atoms with E-state index in [9.17, 15) is 8.42 Å². The number of aromatic nitrogens is 1. The molecule has 7 heteroatoms. The Morgan fingerprint density at radius 1 is 1.33 bits per heavy atom. The van der Waals surface area contributed by atoms with Crippen LogP contribution in [0.3, 0.4) is 0 Å². The number of aromatic amines is 1. The van der Waals surface area contributed by atoms with E-state index < -0.39 is 10.0 Å². The van der Waals surface area contributed by atoms with Crippen LogP contribution in [-0.2, 0) is 16.6 Å². The number of sulfonamides is 1. The minimum absolute atomic E-state index is 0.128. The van der Waals surface area contributed by atoms with Gasteiger partial charge in [-0.3, -0.25) is 4.72 Å². The molecule has 1 heterocycles. The maximum Gasteiger partial charge on any atom is 0.263 e. The first kappa shape index (κ1) is 12.9. The number of para-hydroxylation sites is 1. The maximum absolute atomic E-state index is 12.1. The zero-order valence-corrected chi connectivity index (χ0v) is 10.9. The summed E-state index contributed by atoms with van der Waals surface area (Å²) in [5.41, 5.74) is 6.41. The molecule has 0 aliphatic rings. The third kappa shape index (κ3) is 2.66. The summed E-state index contributed by atoms with van der Waals surface area (Å²) >= 11 is 5.90. The lowest BCUT2D eigenvalue weighted by Crippen LogP contribution is -2.12. The summed E-state index contributed by atoms with van der Waals surface area (Å²) in [5.74, 6) is 0. The molecular weight excluding hydrogens is 274 g/mol. The van der Waals surface area contributed by atoms with Crippen LogP contribution in [0.25, 0.3) is 0 Å². The van der Waals surface area contributed by atoms with Crippen LogP contribution in [0.1, 0.15) is 5.69 Å². The molecule has 1 aromatic carbocycles. The summed E-state index contributed by atoms with van der Waals surface area (Å²) in [6.07, 6.45) is 1.39. The van der Waals surface area contributed by atoms with Gasteiger partial charge in [-0.15, -0.1) is 0 Å². The summed E-state index contributed by atoms with van der Waals surface area (Å²) in [6.45, 7) is 0.252. The number of H-pyrrole nitrogens is 1. The van der Waals surface area contributed by atoms with Crippen molar-refractivity contribution in [3.8, 4) is 0 Å². The van der Waals surface area contributed by atoms with Gasteiger partial charge < -0.3 is 10.7 Å². The lowest BCUT2D eigenvalue weighted by Gasteiger charge is -2.07. The monoisotopic (exact) mass is 285 g/mol. The first-order valence-electron chi connectivity index (χ1n) is 5.17. The fraction of sp³-hybridized carbons (Fsp3) is 0.0909. The van der Waals surface area contributed by atoms with Crippen LogP contribution in [0.15, 0.2) is 41.4 Å². The fourth-order valence-corrected chi connectivity index (χ4v) is 2.78. The number of hydrogen-bond acceptors (Lipinski definition) is 3. The largest absolute Gasteiger partial charge is 0.363 e. The topological polar surface area (TPSA) is 88.0 Å². The molecule has 4 N–H and O–H groups in total. The lowest BCUT2D eigenvalue weighted by atomic mass is 10.3. The van der Waals surface area contributed by atoms with Gasteiger partial charge in [0.05, 0.1) is 10.7 Å². The van der Waals surface area contributed by atoms with E-state index in [0.29, 0.717) is 16.4 Å². The molecule has 0 radical (unpaired) electrons. The zero-order valence-electron chi connectivity index (χ0n) is 9.35. The minimum atomic E-state index is -3.65. The Morgan fingerprint density at radius 3 is 2.67 bits per heavy atom. The van der Waals surface area contributed by atoms with Gasteiger partial charge in [-0.05, 0) is 18.2 Å². The summed E-state index contributed by atoms with van der Waals surface area (Å²) in [5, 5.41) is 0.343. The Labute approximate surface area is 110 Å². The van der Waals surface area contributed by atoms with Gasteiger partial charge >= 0.3 is 0 Å². The first-order chi connectivity index (χ1) is 8.53. The van der Waals surface area contributed by atoms with Gasteiger partial charge in [-0.1, -0.05) is 23.7 Å². The van der Waals surface area contributed by atoms with Crippen molar-refractivity contribution in [1.82, 2.24) is 4.98 Å². The molecular formula is C11H12ClN3O2S. The lowest BCUT2D eigenvalue weighted by molar-refractivity contribution is 0.601. The molecule has 0 saturated carbocycles. The van der Waals surface area contributed by atoms with Crippen molar-refractivity contribution in [3.63, 3.8) is 0 Å². The first-order valence-corrected chi connectivity index (χ1v) is 7.04. The number of halogens is 1. The molecule has 0 amide bonds.